The van der Waals surface area contributed by atoms with Gasteiger partial charge in [0, 0.05) is 49.3 Å². The Balaban J connectivity index is 1.12. The quantitative estimate of drug-likeness (QED) is 0.248. The van der Waals surface area contributed by atoms with Crippen LogP contribution in [0.2, 0.25) is 0 Å². The Kier molecular flexibility index (Phi) is 8.30. The van der Waals surface area contributed by atoms with Gasteiger partial charge in [0.1, 0.15) is 17.8 Å². The van der Waals surface area contributed by atoms with Crippen molar-refractivity contribution in [3.63, 3.8) is 0 Å². The molecule has 0 aliphatic carbocycles. The van der Waals surface area contributed by atoms with Crippen LogP contribution in [0.25, 0.3) is 22.3 Å². The minimum absolute atomic E-state index is 0.0281. The molecule has 2 aliphatic heterocycles. The van der Waals surface area contributed by atoms with E-state index >= 15 is 0 Å². The fourth-order valence-electron chi connectivity index (χ4n) is 5.69. The molecule has 43 heavy (non-hydrogen) atoms. The highest BCUT2D eigenvalue weighted by Gasteiger charge is 2.22. The predicted octanol–water partition coefficient (Wildman–Crippen LogP) is 3.67. The van der Waals surface area contributed by atoms with Crippen LogP contribution in [0, 0.1) is 0 Å². The Hall–Kier alpha value is -4.42. The first-order valence-corrected chi connectivity index (χ1v) is 16.1. The van der Waals surface area contributed by atoms with E-state index < -0.39 is 10.0 Å². The van der Waals surface area contributed by atoms with E-state index in [4.69, 9.17) is 4.74 Å². The standard InChI is InChI=1S/C31H35N7O4S/c1-2-29(39)34-25-6-4-12-38(19-25)26-7-3-5-22(17-26)20-43(40,41)36-24-10-8-23(9-11-24)28-18-27-30(35-28)32-21-33-31(27)37-13-15-42-16-14-37/h2-3,5,7-11,17-18,21,25,36H,1,4,6,12-16,19-20H2,(H,34,39)(H,32,33,35)/t25-/m0/s1. The topological polar surface area (TPSA) is 133 Å². The number of anilines is 3. The summed E-state index contributed by atoms with van der Waals surface area (Å²) < 4.78 is 34.4. The number of hydrogen-bond acceptors (Lipinski definition) is 8. The molecule has 0 saturated carbocycles. The number of nitrogens with one attached hydrogen (secondary N) is 3. The normalized spacial score (nSPS) is 17.5. The van der Waals surface area contributed by atoms with Gasteiger partial charge in [-0.15, -0.1) is 0 Å². The summed E-state index contributed by atoms with van der Waals surface area (Å²) in [6.45, 7) is 7.93. The second-order valence-corrected chi connectivity index (χ2v) is 12.6. The molecule has 224 valence electrons. The molecule has 2 saturated heterocycles. The molecule has 11 nitrogen and oxygen atoms in total. The minimum atomic E-state index is -3.66. The van der Waals surface area contributed by atoms with Crippen molar-refractivity contribution in [3.8, 4) is 11.3 Å². The molecule has 2 aromatic carbocycles. The molecular weight excluding hydrogens is 566 g/mol. The number of benzene rings is 2. The number of aromatic amines is 1. The van der Waals surface area contributed by atoms with Crippen LogP contribution < -0.4 is 19.8 Å². The lowest BCUT2D eigenvalue weighted by Crippen LogP contribution is -2.47. The van der Waals surface area contributed by atoms with Crippen molar-refractivity contribution >= 4 is 44.2 Å². The maximum Gasteiger partial charge on any atom is 0.243 e. The summed E-state index contributed by atoms with van der Waals surface area (Å²) in [7, 11) is -3.66. The number of piperidine rings is 1. The Morgan fingerprint density at radius 2 is 1.88 bits per heavy atom. The van der Waals surface area contributed by atoms with E-state index in [9.17, 15) is 13.2 Å². The highest BCUT2D eigenvalue weighted by molar-refractivity contribution is 7.91. The lowest BCUT2D eigenvalue weighted by molar-refractivity contribution is -0.117. The van der Waals surface area contributed by atoms with Crippen LogP contribution in [-0.4, -0.2) is 74.7 Å². The number of fused-ring (bicyclic) bond motifs is 1. The van der Waals surface area contributed by atoms with Crippen molar-refractivity contribution < 1.29 is 17.9 Å². The summed E-state index contributed by atoms with van der Waals surface area (Å²) in [4.78, 5) is 28.4. The number of carbonyl (C=O) groups excluding carboxylic acids is 1. The van der Waals surface area contributed by atoms with Gasteiger partial charge in [-0.3, -0.25) is 9.52 Å². The maximum absolute atomic E-state index is 13.1. The number of sulfonamides is 1. The molecule has 0 spiro atoms. The number of amides is 1. The van der Waals surface area contributed by atoms with Gasteiger partial charge in [0.15, 0.2) is 0 Å². The van der Waals surface area contributed by atoms with Crippen LogP contribution in [-0.2, 0) is 25.3 Å². The second-order valence-electron chi connectivity index (χ2n) is 10.8. The molecule has 12 heteroatoms. The fraction of sp³-hybridized carbons (Fsp3) is 0.323. The second kappa shape index (κ2) is 12.4. The summed E-state index contributed by atoms with van der Waals surface area (Å²) in [5.41, 5.74) is 4.65. The summed E-state index contributed by atoms with van der Waals surface area (Å²) in [6, 6.07) is 16.9. The molecule has 0 unspecified atom stereocenters. The van der Waals surface area contributed by atoms with Gasteiger partial charge < -0.3 is 24.8 Å². The first kappa shape index (κ1) is 28.7. The summed E-state index contributed by atoms with van der Waals surface area (Å²) in [5.74, 6) is 0.543. The molecule has 2 aliphatic rings. The van der Waals surface area contributed by atoms with Crippen LogP contribution in [0.4, 0.5) is 17.2 Å². The van der Waals surface area contributed by atoms with Crippen LogP contribution >= 0.6 is 0 Å². The maximum atomic E-state index is 13.1. The molecule has 6 rings (SSSR count). The van der Waals surface area contributed by atoms with Crippen molar-refractivity contribution in [2.24, 2.45) is 0 Å². The third-order valence-corrected chi connectivity index (χ3v) is 9.03. The smallest absolute Gasteiger partial charge is 0.243 e. The fourth-order valence-corrected chi connectivity index (χ4v) is 6.88. The van der Waals surface area contributed by atoms with E-state index in [2.05, 4.69) is 41.4 Å². The largest absolute Gasteiger partial charge is 0.378 e. The minimum Gasteiger partial charge on any atom is -0.378 e. The van der Waals surface area contributed by atoms with Gasteiger partial charge in [0.2, 0.25) is 15.9 Å². The highest BCUT2D eigenvalue weighted by Crippen LogP contribution is 2.30. The first-order chi connectivity index (χ1) is 20.9. The zero-order chi connectivity index (χ0) is 29.8. The molecule has 4 aromatic rings. The number of carbonyl (C=O) groups is 1. The Bertz CT molecular complexity index is 1720. The number of H-pyrrole nitrogens is 1. The first-order valence-electron chi connectivity index (χ1n) is 14.4. The van der Waals surface area contributed by atoms with Crippen LogP contribution in [0.5, 0.6) is 0 Å². The van der Waals surface area contributed by atoms with E-state index in [-0.39, 0.29) is 17.7 Å². The van der Waals surface area contributed by atoms with Gasteiger partial charge in [0.25, 0.3) is 0 Å². The SMILES string of the molecule is C=CC(=O)N[C@H]1CCCN(c2cccc(CS(=O)(=O)Nc3ccc(-c4cc5c(N6CCOCC6)ncnc5[nH]4)cc3)c2)C1. The molecule has 1 atom stereocenters. The molecule has 0 bridgehead atoms. The van der Waals surface area contributed by atoms with E-state index in [0.717, 1.165) is 66.3 Å². The van der Waals surface area contributed by atoms with E-state index in [0.29, 0.717) is 31.0 Å². The lowest BCUT2D eigenvalue weighted by atomic mass is 10.0. The Morgan fingerprint density at radius 1 is 1.07 bits per heavy atom. The van der Waals surface area contributed by atoms with Crippen molar-refractivity contribution in [1.82, 2.24) is 20.3 Å². The van der Waals surface area contributed by atoms with Gasteiger partial charge in [-0.05, 0) is 60.4 Å². The number of morpholine rings is 1. The van der Waals surface area contributed by atoms with Crippen LogP contribution in [0.15, 0.2) is 73.6 Å². The van der Waals surface area contributed by atoms with Crippen molar-refractivity contribution in [2.45, 2.75) is 24.6 Å². The van der Waals surface area contributed by atoms with E-state index in [1.165, 1.54) is 6.08 Å². The Labute approximate surface area is 251 Å². The zero-order valence-corrected chi connectivity index (χ0v) is 24.6. The predicted molar refractivity (Wildman–Crippen MR) is 169 cm³/mol. The highest BCUT2D eigenvalue weighted by atomic mass is 32.2. The average molecular weight is 602 g/mol. The summed E-state index contributed by atoms with van der Waals surface area (Å²) >= 11 is 0. The zero-order valence-electron chi connectivity index (χ0n) is 23.8. The number of aromatic nitrogens is 3. The number of rotatable bonds is 9. The molecular formula is C31H35N7O4S. The lowest BCUT2D eigenvalue weighted by Gasteiger charge is -2.34. The van der Waals surface area contributed by atoms with Gasteiger partial charge >= 0.3 is 0 Å². The third-order valence-electron chi connectivity index (χ3n) is 7.77. The van der Waals surface area contributed by atoms with Crippen molar-refractivity contribution in [2.75, 3.05) is 53.9 Å². The van der Waals surface area contributed by atoms with Crippen LogP contribution in [0.3, 0.4) is 0 Å². The van der Waals surface area contributed by atoms with Gasteiger partial charge in [-0.1, -0.05) is 30.8 Å². The molecule has 0 radical (unpaired) electrons. The summed E-state index contributed by atoms with van der Waals surface area (Å²) in [6.07, 6.45) is 4.68. The molecule has 4 heterocycles. The van der Waals surface area contributed by atoms with Crippen molar-refractivity contribution in [1.29, 1.82) is 0 Å². The van der Waals surface area contributed by atoms with Gasteiger partial charge in [-0.25, -0.2) is 18.4 Å². The molecule has 1 amide bonds. The number of hydrogen-bond donors (Lipinski definition) is 3. The number of nitrogens with zero attached hydrogens (tertiary/aromatic N) is 4. The molecule has 2 fully saturated rings. The summed E-state index contributed by atoms with van der Waals surface area (Å²) in [5, 5.41) is 3.90. The van der Waals surface area contributed by atoms with Crippen LogP contribution in [0.1, 0.15) is 18.4 Å². The Morgan fingerprint density at radius 3 is 2.67 bits per heavy atom. The van der Waals surface area contributed by atoms with E-state index in [1.54, 1.807) is 18.5 Å². The van der Waals surface area contributed by atoms with Gasteiger partial charge in [0.05, 0.1) is 24.4 Å². The van der Waals surface area contributed by atoms with Crippen molar-refractivity contribution in [3.05, 3.63) is 79.1 Å². The third kappa shape index (κ3) is 6.81. The average Bonchev–Trinajstić information content (AvgIpc) is 3.46. The van der Waals surface area contributed by atoms with E-state index in [1.807, 2.05) is 42.5 Å². The van der Waals surface area contributed by atoms with Gasteiger partial charge in [-0.2, -0.15) is 0 Å². The molecule has 3 N–H and O–H groups in total. The number of ether oxygens (including phenoxy) is 1. The molecule has 2 aromatic heterocycles. The monoisotopic (exact) mass is 601 g/mol.